The van der Waals surface area contributed by atoms with Gasteiger partial charge in [-0.05, 0) is 23.1 Å². The fourth-order valence-electron chi connectivity index (χ4n) is 3.10. The third-order valence-corrected chi connectivity index (χ3v) is 4.13. The molecular weight excluding hydrogens is 311 g/mol. The molecule has 1 atom stereocenters. The number of rotatable bonds is 3. The predicted molar refractivity (Wildman–Crippen MR) is 78.2 cm³/mol. The van der Waals surface area contributed by atoms with Crippen LogP contribution in [0, 0.1) is 29.1 Å². The summed E-state index contributed by atoms with van der Waals surface area (Å²) in [6.45, 7) is 1.90. The van der Waals surface area contributed by atoms with Gasteiger partial charge >= 0.3 is 0 Å². The van der Waals surface area contributed by atoms with Crippen LogP contribution in [0.1, 0.15) is 42.4 Å². The summed E-state index contributed by atoms with van der Waals surface area (Å²) < 4.78 is 68.5. The Hall–Kier alpha value is -2.17. The van der Waals surface area contributed by atoms with Gasteiger partial charge in [-0.15, -0.1) is 0 Å². The lowest BCUT2D eigenvalue weighted by atomic mass is 9.87. The first-order valence-corrected chi connectivity index (χ1v) is 7.29. The van der Waals surface area contributed by atoms with E-state index in [1.54, 1.807) is 18.2 Å². The van der Waals surface area contributed by atoms with Crippen LogP contribution in [0.3, 0.4) is 0 Å². The Balaban J connectivity index is 2.24. The van der Waals surface area contributed by atoms with E-state index in [-0.39, 0.29) is 11.5 Å². The molecule has 23 heavy (non-hydrogen) atoms. The molecule has 0 fully saturated rings. The largest absolute Gasteiger partial charge is 0.203 e. The second-order valence-corrected chi connectivity index (χ2v) is 5.51. The molecule has 120 valence electrons. The third-order valence-electron chi connectivity index (χ3n) is 4.13. The SMILES string of the molecule is CCCC1C(c2c(F)c(F)c(F)c(F)c2F)=Cc2ccccc21. The van der Waals surface area contributed by atoms with Gasteiger partial charge in [0.1, 0.15) is 0 Å². The van der Waals surface area contributed by atoms with E-state index in [1.165, 1.54) is 6.08 Å². The van der Waals surface area contributed by atoms with Crippen molar-refractivity contribution in [3.8, 4) is 0 Å². The average Bonchev–Trinajstić information content (AvgIpc) is 2.90. The molecule has 1 aliphatic carbocycles. The smallest absolute Gasteiger partial charge is 0.200 e. The minimum Gasteiger partial charge on any atom is -0.203 e. The van der Waals surface area contributed by atoms with E-state index in [2.05, 4.69) is 0 Å². The van der Waals surface area contributed by atoms with Gasteiger partial charge in [-0.1, -0.05) is 43.7 Å². The van der Waals surface area contributed by atoms with Gasteiger partial charge in [0.05, 0.1) is 5.56 Å². The van der Waals surface area contributed by atoms with Crippen LogP contribution in [0.15, 0.2) is 24.3 Å². The van der Waals surface area contributed by atoms with Crippen molar-refractivity contribution >= 4 is 11.6 Å². The van der Waals surface area contributed by atoms with Gasteiger partial charge in [-0.3, -0.25) is 0 Å². The quantitative estimate of drug-likeness (QED) is 0.379. The summed E-state index contributed by atoms with van der Waals surface area (Å²) in [5.41, 5.74) is 0.898. The number of fused-ring (bicyclic) bond motifs is 1. The van der Waals surface area contributed by atoms with E-state index in [4.69, 9.17) is 0 Å². The normalized spacial score (nSPS) is 16.4. The molecule has 2 aromatic carbocycles. The molecule has 0 nitrogen and oxygen atoms in total. The van der Waals surface area contributed by atoms with Gasteiger partial charge in [0.2, 0.25) is 5.82 Å². The molecule has 0 saturated heterocycles. The van der Waals surface area contributed by atoms with E-state index in [0.29, 0.717) is 12.8 Å². The third kappa shape index (κ3) is 2.35. The monoisotopic (exact) mass is 324 g/mol. The summed E-state index contributed by atoms with van der Waals surface area (Å²) in [7, 11) is 0. The molecule has 3 rings (SSSR count). The fraction of sp³-hybridized carbons (Fsp3) is 0.222. The van der Waals surface area contributed by atoms with Gasteiger partial charge in [0, 0.05) is 5.92 Å². The van der Waals surface area contributed by atoms with Crippen LogP contribution in [0.25, 0.3) is 11.6 Å². The zero-order valence-electron chi connectivity index (χ0n) is 12.3. The molecule has 5 heteroatoms. The first-order valence-electron chi connectivity index (χ1n) is 7.29. The summed E-state index contributed by atoms with van der Waals surface area (Å²) in [4.78, 5) is 0. The van der Waals surface area contributed by atoms with Crippen LogP contribution >= 0.6 is 0 Å². The Labute approximate surface area is 130 Å². The van der Waals surface area contributed by atoms with Crippen LogP contribution in [-0.2, 0) is 0 Å². The van der Waals surface area contributed by atoms with Gasteiger partial charge in [0.25, 0.3) is 0 Å². The lowest BCUT2D eigenvalue weighted by molar-refractivity contribution is 0.376. The van der Waals surface area contributed by atoms with Gasteiger partial charge in [0.15, 0.2) is 23.3 Å². The molecule has 0 heterocycles. The second kappa shape index (κ2) is 5.80. The van der Waals surface area contributed by atoms with E-state index >= 15 is 0 Å². The number of hydrogen-bond donors (Lipinski definition) is 0. The van der Waals surface area contributed by atoms with E-state index in [1.807, 2.05) is 13.0 Å². The Morgan fingerprint density at radius 2 is 1.39 bits per heavy atom. The first-order chi connectivity index (χ1) is 11.0. The van der Waals surface area contributed by atoms with Crippen molar-refractivity contribution in [2.45, 2.75) is 25.7 Å². The van der Waals surface area contributed by atoms with Gasteiger partial charge in [-0.25, -0.2) is 22.0 Å². The summed E-state index contributed by atoms with van der Waals surface area (Å²) in [6, 6.07) is 7.12. The Kier molecular flexibility index (Phi) is 3.96. The summed E-state index contributed by atoms with van der Waals surface area (Å²) in [6.07, 6.45) is 2.78. The molecule has 0 spiro atoms. The van der Waals surface area contributed by atoms with E-state index in [0.717, 1.165) is 11.1 Å². The predicted octanol–water partition coefficient (Wildman–Crippen LogP) is 5.82. The number of benzene rings is 2. The van der Waals surface area contributed by atoms with Crippen molar-refractivity contribution in [1.82, 2.24) is 0 Å². The first kappa shape index (κ1) is 15.7. The highest BCUT2D eigenvalue weighted by Crippen LogP contribution is 2.46. The topological polar surface area (TPSA) is 0 Å². The zero-order valence-corrected chi connectivity index (χ0v) is 12.3. The van der Waals surface area contributed by atoms with Crippen LogP contribution < -0.4 is 0 Å². The van der Waals surface area contributed by atoms with E-state index in [9.17, 15) is 22.0 Å². The van der Waals surface area contributed by atoms with Crippen molar-refractivity contribution in [3.05, 3.63) is 70.0 Å². The van der Waals surface area contributed by atoms with Crippen molar-refractivity contribution in [3.63, 3.8) is 0 Å². The van der Waals surface area contributed by atoms with Gasteiger partial charge < -0.3 is 0 Å². The molecule has 0 aliphatic heterocycles. The maximum Gasteiger partial charge on any atom is 0.200 e. The average molecular weight is 324 g/mol. The molecule has 0 aromatic heterocycles. The summed E-state index contributed by atoms with van der Waals surface area (Å²) >= 11 is 0. The number of allylic oxidation sites excluding steroid dienone is 1. The Morgan fingerprint density at radius 1 is 0.826 bits per heavy atom. The highest BCUT2D eigenvalue weighted by atomic mass is 19.2. The highest BCUT2D eigenvalue weighted by Gasteiger charge is 2.33. The minimum atomic E-state index is -2.13. The van der Waals surface area contributed by atoms with Crippen LogP contribution in [0.5, 0.6) is 0 Å². The van der Waals surface area contributed by atoms with Crippen molar-refractivity contribution < 1.29 is 22.0 Å². The summed E-state index contributed by atoms with van der Waals surface area (Å²) in [5.74, 6) is -9.89. The van der Waals surface area contributed by atoms with Crippen LogP contribution in [-0.4, -0.2) is 0 Å². The second-order valence-electron chi connectivity index (χ2n) is 5.51. The van der Waals surface area contributed by atoms with Crippen molar-refractivity contribution in [2.75, 3.05) is 0 Å². The Morgan fingerprint density at radius 3 is 2.00 bits per heavy atom. The lowest BCUT2D eigenvalue weighted by Gasteiger charge is -2.18. The fourth-order valence-corrected chi connectivity index (χ4v) is 3.10. The lowest BCUT2D eigenvalue weighted by Crippen LogP contribution is -2.09. The maximum atomic E-state index is 14.1. The maximum absolute atomic E-state index is 14.1. The molecule has 1 aliphatic rings. The molecular formula is C18H13F5. The Bertz CT molecular complexity index is 778. The highest BCUT2D eigenvalue weighted by molar-refractivity contribution is 5.91. The molecule has 0 bridgehead atoms. The van der Waals surface area contributed by atoms with Crippen molar-refractivity contribution in [2.24, 2.45) is 0 Å². The number of hydrogen-bond acceptors (Lipinski definition) is 0. The number of halogens is 5. The van der Waals surface area contributed by atoms with Crippen LogP contribution in [0.4, 0.5) is 22.0 Å². The molecule has 2 aromatic rings. The minimum absolute atomic E-state index is 0.140. The molecule has 0 amide bonds. The molecule has 0 radical (unpaired) electrons. The van der Waals surface area contributed by atoms with Crippen molar-refractivity contribution in [1.29, 1.82) is 0 Å². The van der Waals surface area contributed by atoms with E-state index < -0.39 is 34.6 Å². The molecule has 0 N–H and O–H groups in total. The zero-order chi connectivity index (χ0) is 16.7. The van der Waals surface area contributed by atoms with Gasteiger partial charge in [-0.2, -0.15) is 0 Å². The molecule has 0 saturated carbocycles. The van der Waals surface area contributed by atoms with Crippen LogP contribution in [0.2, 0.25) is 0 Å². The standard InChI is InChI=1S/C18H13F5/c1-2-5-11-10-7-4-3-6-9(10)8-12(11)13-14(19)16(21)18(23)17(22)15(13)20/h3-4,6-8,11H,2,5H2,1H3. The summed E-state index contributed by atoms with van der Waals surface area (Å²) in [5, 5.41) is 0. The molecule has 1 unspecified atom stereocenters.